The highest BCUT2D eigenvalue weighted by molar-refractivity contribution is 7.98. The Labute approximate surface area is 152 Å². The molecule has 4 rings (SSSR count). The van der Waals surface area contributed by atoms with E-state index in [1.54, 1.807) is 30.7 Å². The maximum atomic E-state index is 13.0. The van der Waals surface area contributed by atoms with Gasteiger partial charge in [-0.05, 0) is 37.3 Å². The molecule has 0 aliphatic carbocycles. The molecule has 3 heterocycles. The Morgan fingerprint density at radius 1 is 1.19 bits per heavy atom. The van der Waals surface area contributed by atoms with Crippen molar-refractivity contribution in [2.24, 2.45) is 0 Å². The van der Waals surface area contributed by atoms with Gasteiger partial charge in [0.2, 0.25) is 11.0 Å². The third kappa shape index (κ3) is 3.08. The molecule has 0 spiro atoms. The zero-order valence-electron chi connectivity index (χ0n) is 13.7. The van der Waals surface area contributed by atoms with E-state index in [0.29, 0.717) is 28.4 Å². The first-order valence-corrected chi connectivity index (χ1v) is 8.69. The zero-order chi connectivity index (χ0) is 18.1. The average Bonchev–Trinajstić information content (AvgIpc) is 3.35. The molecule has 0 fully saturated rings. The van der Waals surface area contributed by atoms with Gasteiger partial charge in [0, 0.05) is 5.56 Å². The van der Waals surface area contributed by atoms with Gasteiger partial charge in [-0.2, -0.15) is 0 Å². The molecule has 0 bridgehead atoms. The quantitative estimate of drug-likeness (QED) is 0.422. The number of aryl methyl sites for hydroxylation is 1. The van der Waals surface area contributed by atoms with Crippen LogP contribution in [0.5, 0.6) is 0 Å². The smallest absolute Gasteiger partial charge is 0.210 e. The van der Waals surface area contributed by atoms with E-state index in [-0.39, 0.29) is 5.82 Å². The fourth-order valence-electron chi connectivity index (χ4n) is 2.43. The summed E-state index contributed by atoms with van der Waals surface area (Å²) < 4.78 is 25.4. The molecule has 0 aliphatic heterocycles. The molecule has 0 aliphatic rings. The van der Waals surface area contributed by atoms with Crippen molar-refractivity contribution < 1.29 is 13.2 Å². The number of oxazole rings is 1. The van der Waals surface area contributed by atoms with Crippen molar-refractivity contribution in [3.8, 4) is 22.7 Å². The van der Waals surface area contributed by atoms with Crippen LogP contribution in [-0.4, -0.2) is 19.9 Å². The molecule has 2 N–H and O–H groups in total. The van der Waals surface area contributed by atoms with E-state index >= 15 is 0 Å². The molecule has 0 saturated heterocycles. The lowest BCUT2D eigenvalue weighted by Gasteiger charge is -2.01. The highest BCUT2D eigenvalue weighted by Crippen LogP contribution is 2.28. The third-order valence-electron chi connectivity index (χ3n) is 3.77. The van der Waals surface area contributed by atoms with Crippen LogP contribution < -0.4 is 5.84 Å². The molecular formula is C17H14FN5O2S. The van der Waals surface area contributed by atoms with Gasteiger partial charge in [0.15, 0.2) is 11.6 Å². The molecule has 7 nitrogen and oxygen atoms in total. The van der Waals surface area contributed by atoms with Crippen LogP contribution >= 0.6 is 11.8 Å². The summed E-state index contributed by atoms with van der Waals surface area (Å²) in [6, 6.07) is 7.83. The molecule has 0 radical (unpaired) electrons. The molecule has 4 aromatic rings. The van der Waals surface area contributed by atoms with Crippen molar-refractivity contribution in [1.29, 1.82) is 0 Å². The first-order chi connectivity index (χ1) is 12.6. The Bertz CT molecular complexity index is 1040. The molecule has 0 unspecified atom stereocenters. The largest absolute Gasteiger partial charge is 0.469 e. The van der Waals surface area contributed by atoms with Crippen LogP contribution in [0.4, 0.5) is 4.39 Å². The van der Waals surface area contributed by atoms with Gasteiger partial charge in [-0.25, -0.2) is 14.1 Å². The number of rotatable bonds is 5. The Morgan fingerprint density at radius 3 is 2.73 bits per heavy atom. The van der Waals surface area contributed by atoms with Gasteiger partial charge >= 0.3 is 0 Å². The van der Waals surface area contributed by atoms with Crippen molar-refractivity contribution in [1.82, 2.24) is 19.9 Å². The third-order valence-corrected chi connectivity index (χ3v) is 4.70. The number of aromatic nitrogens is 4. The minimum atomic E-state index is -0.296. The van der Waals surface area contributed by atoms with Gasteiger partial charge in [0.25, 0.3) is 0 Å². The fourth-order valence-corrected chi connectivity index (χ4v) is 3.14. The minimum Gasteiger partial charge on any atom is -0.469 e. The summed E-state index contributed by atoms with van der Waals surface area (Å²) in [6.45, 7) is 1.83. The number of furan rings is 1. The normalized spacial score (nSPS) is 11.2. The molecule has 0 amide bonds. The maximum absolute atomic E-state index is 13.0. The summed E-state index contributed by atoms with van der Waals surface area (Å²) in [6.07, 6.45) is 3.19. The lowest BCUT2D eigenvalue weighted by molar-refractivity contribution is 0.529. The number of hydrogen-bond donors (Lipinski definition) is 1. The van der Waals surface area contributed by atoms with Gasteiger partial charge in [0.05, 0.1) is 23.8 Å². The Morgan fingerprint density at radius 2 is 2.00 bits per heavy atom. The SMILES string of the molecule is Cc1occc1-c1nnc(SCc2ncc(-c3ccc(F)cc3)o2)n1N. The first kappa shape index (κ1) is 16.4. The summed E-state index contributed by atoms with van der Waals surface area (Å²) in [7, 11) is 0. The maximum Gasteiger partial charge on any atom is 0.210 e. The van der Waals surface area contributed by atoms with E-state index in [2.05, 4.69) is 15.2 Å². The molecule has 3 aromatic heterocycles. The van der Waals surface area contributed by atoms with Gasteiger partial charge in [-0.1, -0.05) is 11.8 Å². The van der Waals surface area contributed by atoms with Crippen molar-refractivity contribution in [2.75, 3.05) is 5.84 Å². The van der Waals surface area contributed by atoms with Crippen molar-refractivity contribution >= 4 is 11.8 Å². The second-order valence-corrected chi connectivity index (χ2v) is 6.42. The van der Waals surface area contributed by atoms with Crippen molar-refractivity contribution in [2.45, 2.75) is 17.8 Å². The summed E-state index contributed by atoms with van der Waals surface area (Å²) in [5.74, 6) is 8.55. The highest BCUT2D eigenvalue weighted by Gasteiger charge is 2.16. The van der Waals surface area contributed by atoms with Gasteiger partial charge in [0.1, 0.15) is 11.6 Å². The number of nitrogens with two attached hydrogens (primary N) is 1. The molecule has 0 atom stereocenters. The van der Waals surface area contributed by atoms with Gasteiger partial charge < -0.3 is 14.7 Å². The highest BCUT2D eigenvalue weighted by atomic mass is 32.2. The van der Waals surface area contributed by atoms with E-state index in [9.17, 15) is 4.39 Å². The minimum absolute atomic E-state index is 0.296. The zero-order valence-corrected chi connectivity index (χ0v) is 14.5. The molecular weight excluding hydrogens is 357 g/mol. The van der Waals surface area contributed by atoms with Crippen molar-refractivity contribution in [3.63, 3.8) is 0 Å². The summed E-state index contributed by atoms with van der Waals surface area (Å²) in [5, 5.41) is 8.74. The van der Waals surface area contributed by atoms with Crippen LogP contribution in [0.15, 0.2) is 56.8 Å². The number of hydrogen-bond acceptors (Lipinski definition) is 7. The summed E-state index contributed by atoms with van der Waals surface area (Å²) >= 11 is 1.35. The molecule has 0 saturated carbocycles. The molecule has 9 heteroatoms. The second kappa shape index (κ2) is 6.68. The number of nitrogens with zero attached hydrogens (tertiary/aromatic N) is 4. The van der Waals surface area contributed by atoms with Crippen LogP contribution in [0.25, 0.3) is 22.7 Å². The summed E-state index contributed by atoms with van der Waals surface area (Å²) in [4.78, 5) is 4.24. The lowest BCUT2D eigenvalue weighted by Crippen LogP contribution is -2.11. The number of thioether (sulfide) groups is 1. The number of benzene rings is 1. The van der Waals surface area contributed by atoms with E-state index < -0.39 is 0 Å². The predicted octanol–water partition coefficient (Wildman–Crippen LogP) is 3.65. The molecule has 132 valence electrons. The Kier molecular flexibility index (Phi) is 4.21. The molecule has 26 heavy (non-hydrogen) atoms. The van der Waals surface area contributed by atoms with Gasteiger partial charge in [-0.15, -0.1) is 10.2 Å². The van der Waals surface area contributed by atoms with E-state index in [0.717, 1.165) is 16.9 Å². The fraction of sp³-hybridized carbons (Fsp3) is 0.118. The van der Waals surface area contributed by atoms with Crippen LogP contribution in [-0.2, 0) is 5.75 Å². The monoisotopic (exact) mass is 371 g/mol. The molecule has 1 aromatic carbocycles. The summed E-state index contributed by atoms with van der Waals surface area (Å²) in [5.41, 5.74) is 1.55. The predicted molar refractivity (Wildman–Crippen MR) is 94.1 cm³/mol. The van der Waals surface area contributed by atoms with Crippen LogP contribution in [0.2, 0.25) is 0 Å². The van der Waals surface area contributed by atoms with Crippen LogP contribution in [0.1, 0.15) is 11.7 Å². The standard InChI is InChI=1S/C17H14FN5O2S/c1-10-13(6-7-24-10)16-21-22-17(23(16)19)26-9-15-20-8-14(25-15)11-2-4-12(18)5-3-11/h2-8H,9,19H2,1H3. The Balaban J connectivity index is 1.48. The number of halogens is 1. The lowest BCUT2D eigenvalue weighted by atomic mass is 10.2. The van der Waals surface area contributed by atoms with Crippen LogP contribution in [0.3, 0.4) is 0 Å². The van der Waals surface area contributed by atoms with E-state index in [1.165, 1.54) is 28.6 Å². The van der Waals surface area contributed by atoms with Crippen LogP contribution in [0, 0.1) is 12.7 Å². The first-order valence-electron chi connectivity index (χ1n) is 7.70. The topological polar surface area (TPSA) is 95.9 Å². The Hall–Kier alpha value is -3.07. The number of nitrogen functional groups attached to an aromatic ring is 1. The van der Waals surface area contributed by atoms with E-state index in [4.69, 9.17) is 14.7 Å². The average molecular weight is 371 g/mol. The van der Waals surface area contributed by atoms with Gasteiger partial charge in [-0.3, -0.25) is 0 Å². The second-order valence-electron chi connectivity index (χ2n) is 5.48. The van der Waals surface area contributed by atoms with E-state index in [1.807, 2.05) is 6.92 Å². The van der Waals surface area contributed by atoms with Crippen molar-refractivity contribution in [3.05, 3.63) is 60.3 Å².